The lowest BCUT2D eigenvalue weighted by molar-refractivity contribution is -0.123. The number of benzene rings is 1. The molecule has 0 aliphatic heterocycles. The molecule has 0 aliphatic carbocycles. The van der Waals surface area contributed by atoms with Crippen LogP contribution in [0.25, 0.3) is 0 Å². The van der Waals surface area contributed by atoms with Crippen LogP contribution in [0.15, 0.2) is 18.2 Å². The average molecular weight is 306 g/mol. The maximum Gasteiger partial charge on any atom is 0.324 e. The van der Waals surface area contributed by atoms with Gasteiger partial charge >= 0.3 is 12.3 Å². The first-order chi connectivity index (χ1) is 9.77. The van der Waals surface area contributed by atoms with Crippen molar-refractivity contribution in [2.24, 2.45) is 5.73 Å². The maximum absolute atomic E-state index is 13.5. The number of carbonyl (C=O) groups is 1. The van der Waals surface area contributed by atoms with Gasteiger partial charge in [0.05, 0.1) is 18.7 Å². The Hall–Kier alpha value is -2.14. The molecule has 0 fully saturated rings. The highest BCUT2D eigenvalue weighted by Gasteiger charge is 2.40. The Morgan fingerprint density at radius 2 is 2.05 bits per heavy atom. The van der Waals surface area contributed by atoms with Crippen molar-refractivity contribution in [2.75, 3.05) is 13.1 Å². The van der Waals surface area contributed by atoms with E-state index in [1.807, 2.05) is 0 Å². The molecule has 1 aromatic rings. The fourth-order valence-corrected chi connectivity index (χ4v) is 1.28. The molecule has 1 rings (SSSR count). The van der Waals surface area contributed by atoms with Crippen molar-refractivity contribution in [1.82, 2.24) is 5.32 Å². The lowest BCUT2D eigenvalue weighted by atomic mass is 10.1. The van der Waals surface area contributed by atoms with Gasteiger partial charge in [-0.2, -0.15) is 8.78 Å². The van der Waals surface area contributed by atoms with Crippen LogP contribution in [-0.2, 0) is 0 Å². The summed E-state index contributed by atoms with van der Waals surface area (Å²) in [4.78, 5) is 11.5. The van der Waals surface area contributed by atoms with Crippen molar-refractivity contribution in [3.63, 3.8) is 0 Å². The number of alkyl halides is 4. The SMILES string of the molecule is NCC#Cc1ccc(C(=O)NCC(F)(F)C(F)F)cc1F. The second kappa shape index (κ2) is 7.04. The second-order valence-electron chi connectivity index (χ2n) is 3.94. The Morgan fingerprint density at radius 1 is 1.38 bits per heavy atom. The molecule has 0 unspecified atom stereocenters. The minimum Gasteiger partial charge on any atom is -0.346 e. The molecule has 114 valence electrons. The minimum absolute atomic E-state index is 0.0182. The molecule has 3 N–H and O–H groups in total. The predicted octanol–water partition coefficient (Wildman–Crippen LogP) is 1.77. The molecule has 0 bridgehead atoms. The van der Waals surface area contributed by atoms with Crippen molar-refractivity contribution in [3.05, 3.63) is 35.1 Å². The number of amides is 1. The summed E-state index contributed by atoms with van der Waals surface area (Å²) >= 11 is 0. The number of rotatable bonds is 4. The van der Waals surface area contributed by atoms with E-state index in [2.05, 4.69) is 11.8 Å². The molecule has 8 heteroatoms. The van der Waals surface area contributed by atoms with Crippen LogP contribution < -0.4 is 11.1 Å². The van der Waals surface area contributed by atoms with Crippen LogP contribution in [0, 0.1) is 17.7 Å². The van der Waals surface area contributed by atoms with Gasteiger partial charge in [0.25, 0.3) is 5.91 Å². The van der Waals surface area contributed by atoms with Crippen LogP contribution in [0.5, 0.6) is 0 Å². The Bertz CT molecular complexity index is 578. The number of halogens is 5. The molecule has 21 heavy (non-hydrogen) atoms. The summed E-state index contributed by atoms with van der Waals surface area (Å²) in [6.45, 7) is -1.52. The molecular formula is C13H11F5N2O. The van der Waals surface area contributed by atoms with E-state index in [0.29, 0.717) is 0 Å². The summed E-state index contributed by atoms with van der Waals surface area (Å²) in [5.74, 6) is -1.46. The largest absolute Gasteiger partial charge is 0.346 e. The first-order valence-electron chi connectivity index (χ1n) is 5.70. The number of carbonyl (C=O) groups excluding carboxylic acids is 1. The van der Waals surface area contributed by atoms with Crippen molar-refractivity contribution in [1.29, 1.82) is 0 Å². The van der Waals surface area contributed by atoms with Crippen LogP contribution in [0.4, 0.5) is 22.0 Å². The van der Waals surface area contributed by atoms with Crippen LogP contribution in [-0.4, -0.2) is 31.3 Å². The number of hydrogen-bond donors (Lipinski definition) is 2. The van der Waals surface area contributed by atoms with Crippen LogP contribution in [0.3, 0.4) is 0 Å². The van der Waals surface area contributed by atoms with Gasteiger partial charge in [0.2, 0.25) is 0 Å². The first-order valence-corrected chi connectivity index (χ1v) is 5.70. The Labute approximate surface area is 117 Å². The molecule has 0 saturated carbocycles. The third-order valence-electron chi connectivity index (χ3n) is 2.36. The lowest BCUT2D eigenvalue weighted by Gasteiger charge is -2.15. The normalized spacial score (nSPS) is 11.0. The molecule has 0 spiro atoms. The highest BCUT2D eigenvalue weighted by atomic mass is 19.3. The van der Waals surface area contributed by atoms with Gasteiger partial charge in [-0.1, -0.05) is 11.8 Å². The van der Waals surface area contributed by atoms with E-state index >= 15 is 0 Å². The summed E-state index contributed by atoms with van der Waals surface area (Å²) in [7, 11) is 0. The van der Waals surface area contributed by atoms with Gasteiger partial charge in [0.1, 0.15) is 5.82 Å². The van der Waals surface area contributed by atoms with E-state index in [9.17, 15) is 26.7 Å². The van der Waals surface area contributed by atoms with Crippen molar-refractivity contribution < 1.29 is 26.7 Å². The third-order valence-corrected chi connectivity index (χ3v) is 2.36. The molecule has 0 atom stereocenters. The number of hydrogen-bond acceptors (Lipinski definition) is 2. The predicted molar refractivity (Wildman–Crippen MR) is 65.6 cm³/mol. The minimum atomic E-state index is -4.35. The molecule has 0 heterocycles. The summed E-state index contributed by atoms with van der Waals surface area (Å²) in [6, 6.07) is 3.08. The van der Waals surface area contributed by atoms with E-state index in [1.54, 1.807) is 5.32 Å². The maximum atomic E-state index is 13.5. The Kier molecular flexibility index (Phi) is 5.67. The molecular weight excluding hydrogens is 295 g/mol. The quantitative estimate of drug-likeness (QED) is 0.658. The van der Waals surface area contributed by atoms with Gasteiger partial charge in [0, 0.05) is 5.56 Å². The Balaban J connectivity index is 2.78. The summed E-state index contributed by atoms with van der Waals surface area (Å²) in [6.07, 6.45) is -3.90. The topological polar surface area (TPSA) is 55.1 Å². The summed E-state index contributed by atoms with van der Waals surface area (Å²) in [5.41, 5.74) is 4.82. The summed E-state index contributed by atoms with van der Waals surface area (Å²) in [5, 5.41) is 1.62. The van der Waals surface area contributed by atoms with E-state index in [4.69, 9.17) is 5.73 Å². The summed E-state index contributed by atoms with van der Waals surface area (Å²) < 4.78 is 62.6. The lowest BCUT2D eigenvalue weighted by Crippen LogP contribution is -2.41. The van der Waals surface area contributed by atoms with E-state index < -0.39 is 30.6 Å². The molecule has 0 aliphatic rings. The van der Waals surface area contributed by atoms with Gasteiger partial charge in [-0.25, -0.2) is 13.2 Å². The average Bonchev–Trinajstić information content (AvgIpc) is 2.43. The standard InChI is InChI=1S/C13H11F5N2O/c14-10-6-9(4-3-8(10)2-1-5-19)11(21)20-7-13(17,18)12(15)16/h3-4,6,12H,5,7,19H2,(H,20,21). The molecule has 3 nitrogen and oxygen atoms in total. The second-order valence-corrected chi connectivity index (χ2v) is 3.94. The zero-order valence-electron chi connectivity index (χ0n) is 10.6. The van der Waals surface area contributed by atoms with Crippen molar-refractivity contribution in [3.8, 4) is 11.8 Å². The van der Waals surface area contributed by atoms with Gasteiger partial charge in [0.15, 0.2) is 0 Å². The molecule has 0 radical (unpaired) electrons. The monoisotopic (exact) mass is 306 g/mol. The molecule has 0 aromatic heterocycles. The third kappa shape index (κ3) is 4.72. The fourth-order valence-electron chi connectivity index (χ4n) is 1.28. The van der Waals surface area contributed by atoms with Crippen molar-refractivity contribution >= 4 is 5.91 Å². The van der Waals surface area contributed by atoms with Crippen molar-refractivity contribution in [2.45, 2.75) is 12.3 Å². The highest BCUT2D eigenvalue weighted by molar-refractivity contribution is 5.94. The molecule has 1 aromatic carbocycles. The highest BCUT2D eigenvalue weighted by Crippen LogP contribution is 2.21. The Morgan fingerprint density at radius 3 is 2.57 bits per heavy atom. The fraction of sp³-hybridized carbons (Fsp3) is 0.308. The van der Waals surface area contributed by atoms with E-state index in [0.717, 1.165) is 18.2 Å². The molecule has 0 saturated heterocycles. The van der Waals surface area contributed by atoms with Gasteiger partial charge in [-0.3, -0.25) is 4.79 Å². The van der Waals surface area contributed by atoms with Gasteiger partial charge < -0.3 is 11.1 Å². The molecule has 1 amide bonds. The number of nitrogens with two attached hydrogens (primary N) is 1. The van der Waals surface area contributed by atoms with Crippen LogP contribution >= 0.6 is 0 Å². The zero-order valence-corrected chi connectivity index (χ0v) is 10.6. The van der Waals surface area contributed by atoms with Gasteiger partial charge in [-0.15, -0.1) is 0 Å². The van der Waals surface area contributed by atoms with Gasteiger partial charge in [-0.05, 0) is 18.2 Å². The van der Waals surface area contributed by atoms with Crippen LogP contribution in [0.2, 0.25) is 0 Å². The zero-order chi connectivity index (χ0) is 16.0. The van der Waals surface area contributed by atoms with Crippen LogP contribution in [0.1, 0.15) is 15.9 Å². The number of nitrogens with one attached hydrogen (secondary N) is 1. The smallest absolute Gasteiger partial charge is 0.324 e. The first kappa shape index (κ1) is 16.9. The van der Waals surface area contributed by atoms with E-state index in [-0.39, 0.29) is 17.7 Å². The van der Waals surface area contributed by atoms with E-state index in [1.165, 1.54) is 0 Å².